The van der Waals surface area contributed by atoms with Gasteiger partial charge in [0.15, 0.2) is 11.5 Å². The van der Waals surface area contributed by atoms with E-state index >= 15 is 0 Å². The van der Waals surface area contributed by atoms with Crippen LogP contribution in [0.5, 0.6) is 11.5 Å². The Kier molecular flexibility index (Phi) is 13.4. The van der Waals surface area contributed by atoms with Crippen LogP contribution in [0.3, 0.4) is 0 Å². The fourth-order valence-corrected chi connectivity index (χ4v) is 3.29. The number of carbonyl (C=O) groups excluding carboxylic acids is 3. The van der Waals surface area contributed by atoms with E-state index in [1.54, 1.807) is 6.92 Å². The van der Waals surface area contributed by atoms with Gasteiger partial charge < -0.3 is 34.5 Å². The first kappa shape index (κ1) is 31.7. The monoisotopic (exact) mass is 525 g/mol. The van der Waals surface area contributed by atoms with Crippen LogP contribution in [0.15, 0.2) is 18.2 Å². The smallest absolute Gasteiger partial charge is 0.480 e. The van der Waals surface area contributed by atoms with Crippen molar-refractivity contribution in [3.63, 3.8) is 0 Å². The number of carboxylic acid groups (broad SMARTS) is 1. The Morgan fingerprint density at radius 1 is 0.838 bits per heavy atom. The maximum atomic E-state index is 12.3. The van der Waals surface area contributed by atoms with Crippen molar-refractivity contribution in [2.24, 2.45) is 23.5 Å². The van der Waals surface area contributed by atoms with Crippen molar-refractivity contribution in [3.8, 4) is 11.5 Å². The van der Waals surface area contributed by atoms with Crippen molar-refractivity contribution in [3.05, 3.63) is 23.8 Å². The Morgan fingerprint density at radius 3 is 1.81 bits per heavy atom. The summed E-state index contributed by atoms with van der Waals surface area (Å²) in [5, 5.41) is 9.57. The van der Waals surface area contributed by atoms with Gasteiger partial charge in [0.05, 0.1) is 19.8 Å². The second-order valence-electron chi connectivity index (χ2n) is 9.64. The number of benzene rings is 1. The molecule has 1 rings (SSSR count). The van der Waals surface area contributed by atoms with E-state index in [9.17, 15) is 24.3 Å². The molecule has 37 heavy (non-hydrogen) atoms. The zero-order valence-electron chi connectivity index (χ0n) is 22.4. The highest BCUT2D eigenvalue weighted by Gasteiger charge is 2.32. The second kappa shape index (κ2) is 15.7. The summed E-state index contributed by atoms with van der Waals surface area (Å²) in [5.41, 5.74) is 6.33. The Morgan fingerprint density at radius 2 is 1.35 bits per heavy atom. The molecule has 0 aromatic heterocycles. The molecule has 0 saturated heterocycles. The number of rotatable bonds is 14. The number of carboxylic acids is 1. The van der Waals surface area contributed by atoms with Crippen LogP contribution in [-0.2, 0) is 23.8 Å². The van der Waals surface area contributed by atoms with Crippen LogP contribution in [0.2, 0.25) is 0 Å². The van der Waals surface area contributed by atoms with Gasteiger partial charge in [0.2, 0.25) is 0 Å². The Balaban J connectivity index is 3.27. The molecule has 2 unspecified atom stereocenters. The number of hydrogen-bond donors (Lipinski definition) is 2. The van der Waals surface area contributed by atoms with Gasteiger partial charge in [-0.1, -0.05) is 40.7 Å². The highest BCUT2D eigenvalue weighted by Crippen LogP contribution is 2.36. The fourth-order valence-electron chi connectivity index (χ4n) is 3.29. The number of aliphatic carboxylic acids is 1. The van der Waals surface area contributed by atoms with Crippen LogP contribution < -0.4 is 15.2 Å². The molecule has 0 radical (unpaired) electrons. The predicted octanol–water partition coefficient (Wildman–Crippen LogP) is 4.50. The minimum absolute atomic E-state index is 0.0884. The maximum Gasteiger partial charge on any atom is 0.513 e. The molecule has 0 aliphatic carbocycles. The third-order valence-electron chi connectivity index (χ3n) is 5.40. The molecular formula is C26H39NO10. The van der Waals surface area contributed by atoms with Gasteiger partial charge in [0.25, 0.3) is 0 Å². The van der Waals surface area contributed by atoms with Gasteiger partial charge in [0, 0.05) is 12.8 Å². The Hall–Kier alpha value is -3.34. The summed E-state index contributed by atoms with van der Waals surface area (Å²) in [6, 6.07) is 2.81. The molecule has 3 N–H and O–H groups in total. The number of ether oxygens (including phenoxy) is 5. The maximum absolute atomic E-state index is 12.3. The highest BCUT2D eigenvalue weighted by atomic mass is 16.7. The number of nitrogens with two attached hydrogens (primary N) is 1. The normalized spacial score (nSPS) is 13.4. The second-order valence-corrected chi connectivity index (χ2v) is 9.64. The molecule has 0 bridgehead atoms. The lowest BCUT2D eigenvalue weighted by Gasteiger charge is -2.27. The van der Waals surface area contributed by atoms with Crippen LogP contribution in [0, 0.1) is 17.8 Å². The van der Waals surface area contributed by atoms with Crippen molar-refractivity contribution in [1.82, 2.24) is 0 Å². The molecule has 1 aromatic carbocycles. The van der Waals surface area contributed by atoms with Crippen LogP contribution in [-0.4, -0.2) is 55.2 Å². The number of esters is 1. The summed E-state index contributed by atoms with van der Waals surface area (Å²) in [6.07, 6.45) is -0.769. The molecule has 0 spiro atoms. The van der Waals surface area contributed by atoms with Gasteiger partial charge in [-0.15, -0.1) is 0 Å². The zero-order chi connectivity index (χ0) is 28.1. The molecule has 0 saturated carbocycles. The molecule has 3 atom stereocenters. The van der Waals surface area contributed by atoms with E-state index in [-0.39, 0.29) is 31.3 Å². The SMILES string of the molecule is CC(=O)OCC(C)C(c1ccc(OC(=O)OCCC(C)C)c(OC(=O)OCCC(C)C)c1)[C@H](N)C(=O)O. The molecule has 0 amide bonds. The average Bonchev–Trinajstić information content (AvgIpc) is 2.78. The summed E-state index contributed by atoms with van der Waals surface area (Å²) in [7, 11) is 0. The van der Waals surface area contributed by atoms with Gasteiger partial charge in [-0.25, -0.2) is 9.59 Å². The van der Waals surface area contributed by atoms with Crippen LogP contribution >= 0.6 is 0 Å². The van der Waals surface area contributed by atoms with E-state index in [4.69, 9.17) is 29.4 Å². The molecule has 0 aliphatic rings. The number of carbonyl (C=O) groups is 4. The molecule has 11 heteroatoms. The topological polar surface area (TPSA) is 161 Å². The zero-order valence-corrected chi connectivity index (χ0v) is 22.4. The predicted molar refractivity (Wildman–Crippen MR) is 133 cm³/mol. The number of hydrogen-bond acceptors (Lipinski definition) is 10. The first-order valence-electron chi connectivity index (χ1n) is 12.3. The standard InChI is InChI=1S/C26H39NO10/c1-15(2)9-11-33-25(31)36-20-8-7-19(13-21(20)37-26(32)34-12-10-16(3)4)22(23(27)24(29)30)17(5)14-35-18(6)28/h7-8,13,15-17,22-23H,9-12,14,27H2,1-6H3,(H,29,30)/t17?,22?,23-/m0/s1. The van der Waals surface area contributed by atoms with E-state index in [0.29, 0.717) is 30.2 Å². The summed E-state index contributed by atoms with van der Waals surface area (Å²) in [5.74, 6) is -2.86. The lowest BCUT2D eigenvalue weighted by Crippen LogP contribution is -2.40. The Labute approximate surface area is 217 Å². The first-order valence-corrected chi connectivity index (χ1v) is 12.3. The van der Waals surface area contributed by atoms with Gasteiger partial charge in [-0.3, -0.25) is 9.59 Å². The quantitative estimate of drug-likeness (QED) is 0.200. The molecule has 11 nitrogen and oxygen atoms in total. The largest absolute Gasteiger partial charge is 0.513 e. The van der Waals surface area contributed by atoms with Crippen LogP contribution in [0.4, 0.5) is 9.59 Å². The molecule has 1 aromatic rings. The van der Waals surface area contributed by atoms with Crippen molar-refractivity contribution < 1.29 is 48.0 Å². The van der Waals surface area contributed by atoms with Gasteiger partial charge in [0.1, 0.15) is 6.04 Å². The molecular weight excluding hydrogens is 486 g/mol. The van der Waals surface area contributed by atoms with Crippen LogP contribution in [0.1, 0.15) is 65.9 Å². The molecule has 0 aliphatic heterocycles. The van der Waals surface area contributed by atoms with Crippen molar-refractivity contribution >= 4 is 24.2 Å². The van der Waals surface area contributed by atoms with Crippen molar-refractivity contribution in [1.29, 1.82) is 0 Å². The summed E-state index contributed by atoms with van der Waals surface area (Å²) in [6.45, 7) is 11.0. The van der Waals surface area contributed by atoms with Crippen molar-refractivity contribution in [2.75, 3.05) is 19.8 Å². The van der Waals surface area contributed by atoms with E-state index in [2.05, 4.69) is 0 Å². The fraction of sp³-hybridized carbons (Fsp3) is 0.615. The minimum Gasteiger partial charge on any atom is -0.480 e. The lowest BCUT2D eigenvalue weighted by atomic mass is 9.82. The summed E-state index contributed by atoms with van der Waals surface area (Å²) in [4.78, 5) is 47.5. The summed E-state index contributed by atoms with van der Waals surface area (Å²) >= 11 is 0. The minimum atomic E-state index is -1.37. The highest BCUT2D eigenvalue weighted by molar-refractivity contribution is 5.75. The lowest BCUT2D eigenvalue weighted by molar-refractivity contribution is -0.142. The molecule has 0 fully saturated rings. The van der Waals surface area contributed by atoms with E-state index in [1.165, 1.54) is 25.1 Å². The third kappa shape index (κ3) is 12.0. The third-order valence-corrected chi connectivity index (χ3v) is 5.40. The molecule has 208 valence electrons. The van der Waals surface area contributed by atoms with E-state index in [1.807, 2.05) is 27.7 Å². The van der Waals surface area contributed by atoms with Crippen LogP contribution in [0.25, 0.3) is 0 Å². The van der Waals surface area contributed by atoms with E-state index < -0.39 is 42.1 Å². The average molecular weight is 526 g/mol. The molecule has 0 heterocycles. The van der Waals surface area contributed by atoms with Gasteiger partial charge >= 0.3 is 24.2 Å². The van der Waals surface area contributed by atoms with Crippen molar-refractivity contribution in [2.45, 2.75) is 66.3 Å². The summed E-state index contributed by atoms with van der Waals surface area (Å²) < 4.78 is 25.8. The van der Waals surface area contributed by atoms with Gasteiger partial charge in [-0.2, -0.15) is 0 Å². The van der Waals surface area contributed by atoms with E-state index in [0.717, 1.165) is 0 Å². The van der Waals surface area contributed by atoms with Gasteiger partial charge in [-0.05, 0) is 48.3 Å². The first-order chi connectivity index (χ1) is 17.3. The Bertz CT molecular complexity index is 915.